The van der Waals surface area contributed by atoms with Crippen LogP contribution in [0.1, 0.15) is 5.56 Å². The second kappa shape index (κ2) is 7.17. The highest BCUT2D eigenvalue weighted by molar-refractivity contribution is 7.97. The Labute approximate surface area is 160 Å². The first-order valence-corrected chi connectivity index (χ1v) is 12.3. The summed E-state index contributed by atoms with van der Waals surface area (Å²) >= 11 is 12.9. The third-order valence-electron chi connectivity index (χ3n) is 4.04. The molecule has 5 nitrogen and oxygen atoms in total. The van der Waals surface area contributed by atoms with Crippen LogP contribution in [0.5, 0.6) is 0 Å². The Morgan fingerprint density at radius 1 is 1.12 bits per heavy atom. The lowest BCUT2D eigenvalue weighted by atomic mass is 10.2. The summed E-state index contributed by atoms with van der Waals surface area (Å²) in [6, 6.07) is 9.35. The molecule has 0 amide bonds. The Bertz CT molecular complexity index is 986. The molecule has 0 unspecified atom stereocenters. The lowest BCUT2D eigenvalue weighted by Crippen LogP contribution is -2.42. The quantitative estimate of drug-likeness (QED) is 0.774. The van der Waals surface area contributed by atoms with E-state index in [2.05, 4.69) is 5.32 Å². The summed E-state index contributed by atoms with van der Waals surface area (Å²) in [5.41, 5.74) is 0.781. The monoisotopic (exact) mass is 439 g/mol. The summed E-state index contributed by atoms with van der Waals surface area (Å²) in [6.45, 7) is 0.289. The molecule has 0 aliphatic carbocycles. The van der Waals surface area contributed by atoms with Gasteiger partial charge in [0.1, 0.15) is 4.21 Å². The van der Waals surface area contributed by atoms with E-state index in [-0.39, 0.29) is 16.5 Å². The Morgan fingerprint density at radius 2 is 1.84 bits per heavy atom. The Morgan fingerprint density at radius 3 is 2.48 bits per heavy atom. The minimum absolute atomic E-state index is 0.0872. The predicted molar refractivity (Wildman–Crippen MR) is 101 cm³/mol. The normalized spacial score (nSPS) is 23.0. The van der Waals surface area contributed by atoms with Gasteiger partial charge in [-0.1, -0.05) is 41.4 Å². The van der Waals surface area contributed by atoms with Gasteiger partial charge in [-0.15, -0.1) is 11.3 Å². The van der Waals surface area contributed by atoms with E-state index in [0.29, 0.717) is 9.36 Å². The number of sulfone groups is 2. The van der Waals surface area contributed by atoms with Crippen molar-refractivity contribution < 1.29 is 16.8 Å². The molecule has 25 heavy (non-hydrogen) atoms. The highest BCUT2D eigenvalue weighted by atomic mass is 35.5. The SMILES string of the molecule is O=S1(=O)C[C@H](NCc2ccccc2Cl)[C@@H](S(=O)(=O)c2ccc(Cl)s2)C1. The molecule has 1 N–H and O–H groups in total. The molecule has 0 spiro atoms. The number of rotatable bonds is 5. The van der Waals surface area contributed by atoms with Crippen LogP contribution < -0.4 is 5.32 Å². The van der Waals surface area contributed by atoms with Gasteiger partial charge < -0.3 is 5.32 Å². The van der Waals surface area contributed by atoms with Crippen molar-refractivity contribution in [1.82, 2.24) is 5.32 Å². The maximum absolute atomic E-state index is 12.8. The van der Waals surface area contributed by atoms with Crippen LogP contribution in [-0.4, -0.2) is 39.6 Å². The molecule has 136 valence electrons. The van der Waals surface area contributed by atoms with E-state index >= 15 is 0 Å². The first-order valence-electron chi connectivity index (χ1n) is 7.35. The topological polar surface area (TPSA) is 80.3 Å². The van der Waals surface area contributed by atoms with Crippen molar-refractivity contribution in [2.45, 2.75) is 22.0 Å². The average molecular weight is 440 g/mol. The molecular formula is C15H15Cl2NO4S3. The number of halogens is 2. The standard InChI is InChI=1S/C15H15Cl2NO4S3/c16-11-4-2-1-3-10(11)7-18-12-8-24(19,20)9-13(12)25(21,22)15-6-5-14(17)23-15/h1-6,12-13,18H,7-9H2/t12-,13-/m0/s1. The summed E-state index contributed by atoms with van der Waals surface area (Å²) in [5, 5.41) is 2.55. The zero-order valence-electron chi connectivity index (χ0n) is 12.9. The van der Waals surface area contributed by atoms with Crippen LogP contribution in [0.4, 0.5) is 0 Å². The van der Waals surface area contributed by atoms with E-state index in [1.54, 1.807) is 18.2 Å². The van der Waals surface area contributed by atoms with Gasteiger partial charge in [-0.25, -0.2) is 16.8 Å². The molecule has 1 saturated heterocycles. The van der Waals surface area contributed by atoms with Gasteiger partial charge in [-0.3, -0.25) is 0 Å². The number of thiophene rings is 1. The van der Waals surface area contributed by atoms with E-state index in [9.17, 15) is 16.8 Å². The minimum Gasteiger partial charge on any atom is -0.308 e. The van der Waals surface area contributed by atoms with Crippen LogP contribution >= 0.6 is 34.5 Å². The van der Waals surface area contributed by atoms with Crippen molar-refractivity contribution in [1.29, 1.82) is 0 Å². The molecule has 0 saturated carbocycles. The zero-order chi connectivity index (χ0) is 18.2. The van der Waals surface area contributed by atoms with E-state index in [1.807, 2.05) is 6.07 Å². The molecule has 0 bridgehead atoms. The average Bonchev–Trinajstić information content (AvgIpc) is 3.10. The molecule has 2 atom stereocenters. The van der Waals surface area contributed by atoms with Gasteiger partial charge in [0.05, 0.1) is 21.1 Å². The number of hydrogen-bond donors (Lipinski definition) is 1. The van der Waals surface area contributed by atoms with Crippen molar-refractivity contribution in [3.63, 3.8) is 0 Å². The molecule has 1 fully saturated rings. The zero-order valence-corrected chi connectivity index (χ0v) is 16.8. The molecular weight excluding hydrogens is 425 g/mol. The van der Waals surface area contributed by atoms with Gasteiger partial charge in [-0.2, -0.15) is 0 Å². The number of benzene rings is 1. The van der Waals surface area contributed by atoms with Gasteiger partial charge >= 0.3 is 0 Å². The predicted octanol–water partition coefficient (Wildman–Crippen LogP) is 2.78. The lowest BCUT2D eigenvalue weighted by molar-refractivity contribution is 0.527. The molecule has 1 aliphatic rings. The van der Waals surface area contributed by atoms with Gasteiger partial charge in [0, 0.05) is 17.6 Å². The van der Waals surface area contributed by atoms with E-state index < -0.39 is 36.7 Å². The fourth-order valence-corrected chi connectivity index (χ4v) is 9.42. The number of hydrogen-bond acceptors (Lipinski definition) is 6. The van der Waals surface area contributed by atoms with Crippen molar-refractivity contribution in [3.8, 4) is 0 Å². The molecule has 1 aromatic heterocycles. The third kappa shape index (κ3) is 4.20. The van der Waals surface area contributed by atoms with E-state index in [0.717, 1.165) is 16.9 Å². The molecule has 1 aliphatic heterocycles. The van der Waals surface area contributed by atoms with Crippen molar-refractivity contribution in [3.05, 3.63) is 51.3 Å². The highest BCUT2D eigenvalue weighted by Gasteiger charge is 2.46. The summed E-state index contributed by atoms with van der Waals surface area (Å²) in [5.74, 6) is -0.620. The molecule has 1 aromatic carbocycles. The first-order chi connectivity index (χ1) is 11.7. The summed E-state index contributed by atoms with van der Waals surface area (Å²) < 4.78 is 50.2. The van der Waals surface area contributed by atoms with Gasteiger partial charge in [0.2, 0.25) is 0 Å². The largest absolute Gasteiger partial charge is 0.308 e. The van der Waals surface area contributed by atoms with Crippen LogP contribution in [0.2, 0.25) is 9.36 Å². The second-order valence-electron chi connectivity index (χ2n) is 5.80. The molecule has 3 rings (SSSR count). The van der Waals surface area contributed by atoms with Crippen LogP contribution in [0.3, 0.4) is 0 Å². The van der Waals surface area contributed by atoms with Crippen LogP contribution in [-0.2, 0) is 26.2 Å². The second-order valence-corrected chi connectivity index (χ2v) is 12.5. The summed E-state index contributed by atoms with van der Waals surface area (Å²) in [4.78, 5) is 0. The van der Waals surface area contributed by atoms with Crippen LogP contribution in [0.15, 0.2) is 40.6 Å². The van der Waals surface area contributed by atoms with Crippen molar-refractivity contribution in [2.24, 2.45) is 0 Å². The molecule has 2 heterocycles. The molecule has 2 aromatic rings. The van der Waals surface area contributed by atoms with E-state index in [1.165, 1.54) is 12.1 Å². The minimum atomic E-state index is -3.79. The third-order valence-corrected chi connectivity index (χ3v) is 10.3. The Kier molecular flexibility index (Phi) is 5.49. The van der Waals surface area contributed by atoms with Gasteiger partial charge in [0.15, 0.2) is 19.7 Å². The van der Waals surface area contributed by atoms with Gasteiger partial charge in [-0.05, 0) is 23.8 Å². The summed E-state index contributed by atoms with van der Waals surface area (Å²) in [7, 11) is -7.24. The first kappa shape index (κ1) is 19.1. The lowest BCUT2D eigenvalue weighted by Gasteiger charge is -2.19. The van der Waals surface area contributed by atoms with Gasteiger partial charge in [0.25, 0.3) is 0 Å². The Hall–Kier alpha value is -0.640. The number of nitrogens with one attached hydrogen (secondary N) is 1. The maximum Gasteiger partial charge on any atom is 0.193 e. The summed E-state index contributed by atoms with van der Waals surface area (Å²) in [6.07, 6.45) is 0. The van der Waals surface area contributed by atoms with Crippen LogP contribution in [0.25, 0.3) is 0 Å². The van der Waals surface area contributed by atoms with Crippen LogP contribution in [0, 0.1) is 0 Å². The fourth-order valence-electron chi connectivity index (χ4n) is 2.79. The smallest absolute Gasteiger partial charge is 0.193 e. The van der Waals surface area contributed by atoms with Crippen molar-refractivity contribution in [2.75, 3.05) is 11.5 Å². The van der Waals surface area contributed by atoms with Crippen molar-refractivity contribution >= 4 is 54.2 Å². The maximum atomic E-state index is 12.8. The highest BCUT2D eigenvalue weighted by Crippen LogP contribution is 2.32. The molecule has 0 radical (unpaired) electrons. The Balaban J connectivity index is 1.85. The van der Waals surface area contributed by atoms with E-state index in [4.69, 9.17) is 23.2 Å². The fraction of sp³-hybridized carbons (Fsp3) is 0.333. The molecule has 10 heteroatoms.